The summed E-state index contributed by atoms with van der Waals surface area (Å²) in [6.45, 7) is 3.15. The first-order valence-corrected chi connectivity index (χ1v) is 5.49. The number of ether oxygens (including phenoxy) is 2. The maximum Gasteiger partial charge on any atom is 0.319 e. The standard InChI is InChI=1S/C11H17N3O2/c1-15-10-9(7-12-11(13-10)16-2)8-14-5-3-4-6-14/h7H,3-6,8H2,1-2H3. The monoisotopic (exact) mass is 223 g/mol. The molecule has 16 heavy (non-hydrogen) atoms. The van der Waals surface area contributed by atoms with Crippen LogP contribution in [0.15, 0.2) is 6.20 Å². The lowest BCUT2D eigenvalue weighted by Crippen LogP contribution is -2.19. The van der Waals surface area contributed by atoms with Gasteiger partial charge in [0.15, 0.2) is 0 Å². The van der Waals surface area contributed by atoms with Gasteiger partial charge in [-0.05, 0) is 25.9 Å². The van der Waals surface area contributed by atoms with E-state index in [0.717, 1.165) is 25.2 Å². The van der Waals surface area contributed by atoms with Crippen molar-refractivity contribution < 1.29 is 9.47 Å². The Labute approximate surface area is 95.4 Å². The molecule has 0 bridgehead atoms. The van der Waals surface area contributed by atoms with E-state index in [1.165, 1.54) is 12.8 Å². The quantitative estimate of drug-likeness (QED) is 0.764. The molecule has 0 spiro atoms. The number of hydrogen-bond donors (Lipinski definition) is 0. The second kappa shape index (κ2) is 5.12. The van der Waals surface area contributed by atoms with E-state index in [9.17, 15) is 0 Å². The summed E-state index contributed by atoms with van der Waals surface area (Å²) in [5.41, 5.74) is 1.02. The van der Waals surface area contributed by atoms with E-state index in [0.29, 0.717) is 11.9 Å². The number of hydrogen-bond acceptors (Lipinski definition) is 5. The van der Waals surface area contributed by atoms with E-state index in [2.05, 4.69) is 14.9 Å². The maximum absolute atomic E-state index is 5.24. The number of methoxy groups -OCH3 is 2. The first-order valence-electron chi connectivity index (χ1n) is 5.49. The fourth-order valence-corrected chi connectivity index (χ4v) is 1.94. The molecule has 2 heterocycles. The van der Waals surface area contributed by atoms with Gasteiger partial charge in [0.05, 0.1) is 14.2 Å². The molecule has 1 saturated heterocycles. The summed E-state index contributed by atoms with van der Waals surface area (Å²) in [5, 5.41) is 0. The zero-order chi connectivity index (χ0) is 11.4. The van der Waals surface area contributed by atoms with Gasteiger partial charge in [-0.25, -0.2) is 4.98 Å². The van der Waals surface area contributed by atoms with Crippen LogP contribution in [0, 0.1) is 0 Å². The van der Waals surface area contributed by atoms with E-state index < -0.39 is 0 Å². The largest absolute Gasteiger partial charge is 0.481 e. The summed E-state index contributed by atoms with van der Waals surface area (Å²) in [7, 11) is 3.17. The molecular weight excluding hydrogens is 206 g/mol. The van der Waals surface area contributed by atoms with Gasteiger partial charge >= 0.3 is 6.01 Å². The van der Waals surface area contributed by atoms with Crippen LogP contribution in [0.25, 0.3) is 0 Å². The average Bonchev–Trinajstić information content (AvgIpc) is 2.82. The summed E-state index contributed by atoms with van der Waals surface area (Å²) in [6.07, 6.45) is 4.33. The van der Waals surface area contributed by atoms with Crippen molar-refractivity contribution in [3.05, 3.63) is 11.8 Å². The minimum atomic E-state index is 0.349. The highest BCUT2D eigenvalue weighted by Gasteiger charge is 2.15. The van der Waals surface area contributed by atoms with E-state index in [4.69, 9.17) is 9.47 Å². The van der Waals surface area contributed by atoms with Gasteiger partial charge in [-0.15, -0.1) is 0 Å². The molecule has 5 heteroatoms. The molecule has 0 aliphatic carbocycles. The summed E-state index contributed by atoms with van der Waals surface area (Å²) in [4.78, 5) is 10.7. The zero-order valence-electron chi connectivity index (χ0n) is 9.77. The number of nitrogens with zero attached hydrogens (tertiary/aromatic N) is 3. The third kappa shape index (κ3) is 2.41. The van der Waals surface area contributed by atoms with Crippen LogP contribution in [0.2, 0.25) is 0 Å². The van der Waals surface area contributed by atoms with Crippen LogP contribution < -0.4 is 9.47 Å². The molecule has 2 rings (SSSR count). The molecule has 0 atom stereocenters. The second-order valence-corrected chi connectivity index (χ2v) is 3.87. The molecule has 88 valence electrons. The van der Waals surface area contributed by atoms with E-state index in [1.54, 1.807) is 20.4 Å². The maximum atomic E-state index is 5.24. The third-order valence-corrected chi connectivity index (χ3v) is 2.77. The summed E-state index contributed by atoms with van der Waals surface area (Å²) in [6, 6.07) is 0.349. The normalized spacial score (nSPS) is 16.4. The van der Waals surface area contributed by atoms with E-state index in [1.807, 2.05) is 0 Å². The zero-order valence-corrected chi connectivity index (χ0v) is 9.77. The van der Waals surface area contributed by atoms with Crippen LogP contribution in [-0.4, -0.2) is 42.2 Å². The average molecular weight is 223 g/mol. The minimum absolute atomic E-state index is 0.349. The van der Waals surface area contributed by atoms with Gasteiger partial charge in [0.1, 0.15) is 0 Å². The molecule has 0 aromatic carbocycles. The minimum Gasteiger partial charge on any atom is -0.481 e. The lowest BCUT2D eigenvalue weighted by Gasteiger charge is -2.15. The molecule has 0 radical (unpaired) electrons. The topological polar surface area (TPSA) is 47.5 Å². The van der Waals surface area contributed by atoms with Crippen molar-refractivity contribution in [2.75, 3.05) is 27.3 Å². The number of likely N-dealkylation sites (tertiary alicyclic amines) is 1. The highest BCUT2D eigenvalue weighted by Crippen LogP contribution is 2.20. The summed E-state index contributed by atoms with van der Waals surface area (Å²) in [5.74, 6) is 0.610. The fraction of sp³-hybridized carbons (Fsp3) is 0.636. The van der Waals surface area contributed by atoms with Crippen molar-refractivity contribution in [2.24, 2.45) is 0 Å². The molecule has 1 fully saturated rings. The van der Waals surface area contributed by atoms with Crippen LogP contribution in [0.3, 0.4) is 0 Å². The molecule has 5 nitrogen and oxygen atoms in total. The first kappa shape index (κ1) is 11.1. The number of rotatable bonds is 4. The van der Waals surface area contributed by atoms with Crippen molar-refractivity contribution >= 4 is 0 Å². The molecular formula is C11H17N3O2. The first-order chi connectivity index (χ1) is 7.83. The van der Waals surface area contributed by atoms with Crippen molar-refractivity contribution in [2.45, 2.75) is 19.4 Å². The molecule has 0 amide bonds. The fourth-order valence-electron chi connectivity index (χ4n) is 1.94. The van der Waals surface area contributed by atoms with Crippen LogP contribution in [0.5, 0.6) is 11.9 Å². The van der Waals surface area contributed by atoms with Gasteiger partial charge in [-0.1, -0.05) is 0 Å². The molecule has 0 saturated carbocycles. The van der Waals surface area contributed by atoms with Gasteiger partial charge in [0.2, 0.25) is 5.88 Å². The van der Waals surface area contributed by atoms with Crippen LogP contribution >= 0.6 is 0 Å². The smallest absolute Gasteiger partial charge is 0.319 e. The molecule has 1 aliphatic heterocycles. The Kier molecular flexibility index (Phi) is 3.56. The lowest BCUT2D eigenvalue weighted by molar-refractivity contribution is 0.309. The Morgan fingerprint density at radius 3 is 2.62 bits per heavy atom. The van der Waals surface area contributed by atoms with E-state index in [-0.39, 0.29) is 0 Å². The van der Waals surface area contributed by atoms with Crippen molar-refractivity contribution in [3.8, 4) is 11.9 Å². The van der Waals surface area contributed by atoms with Gasteiger partial charge in [-0.2, -0.15) is 4.98 Å². The molecule has 0 N–H and O–H groups in total. The summed E-state index contributed by atoms with van der Waals surface area (Å²) >= 11 is 0. The van der Waals surface area contributed by atoms with Gasteiger partial charge in [0, 0.05) is 18.3 Å². The Balaban J connectivity index is 2.12. The molecule has 0 unspecified atom stereocenters. The summed E-state index contributed by atoms with van der Waals surface area (Å²) < 4.78 is 10.2. The van der Waals surface area contributed by atoms with Crippen molar-refractivity contribution in [1.82, 2.24) is 14.9 Å². The lowest BCUT2D eigenvalue weighted by atomic mass is 10.3. The second-order valence-electron chi connectivity index (χ2n) is 3.87. The van der Waals surface area contributed by atoms with Crippen LogP contribution in [-0.2, 0) is 6.54 Å². The molecule has 1 aromatic rings. The molecule has 1 aromatic heterocycles. The van der Waals surface area contributed by atoms with Crippen LogP contribution in [0.4, 0.5) is 0 Å². The van der Waals surface area contributed by atoms with Crippen LogP contribution in [0.1, 0.15) is 18.4 Å². The van der Waals surface area contributed by atoms with E-state index >= 15 is 0 Å². The van der Waals surface area contributed by atoms with Gasteiger partial charge in [0.25, 0.3) is 0 Å². The molecule has 1 aliphatic rings. The van der Waals surface area contributed by atoms with Crippen molar-refractivity contribution in [3.63, 3.8) is 0 Å². The Morgan fingerprint density at radius 2 is 2.00 bits per heavy atom. The predicted molar refractivity (Wildman–Crippen MR) is 59.6 cm³/mol. The Morgan fingerprint density at radius 1 is 1.25 bits per heavy atom. The Hall–Kier alpha value is -1.36. The third-order valence-electron chi connectivity index (χ3n) is 2.77. The van der Waals surface area contributed by atoms with Gasteiger partial charge < -0.3 is 9.47 Å². The number of aromatic nitrogens is 2. The van der Waals surface area contributed by atoms with Gasteiger partial charge in [-0.3, -0.25) is 4.90 Å². The Bertz CT molecular complexity index is 351. The highest BCUT2D eigenvalue weighted by molar-refractivity contribution is 5.25. The highest BCUT2D eigenvalue weighted by atomic mass is 16.5. The van der Waals surface area contributed by atoms with Crippen molar-refractivity contribution in [1.29, 1.82) is 0 Å². The SMILES string of the molecule is COc1ncc(CN2CCCC2)c(OC)n1. The predicted octanol–water partition coefficient (Wildman–Crippen LogP) is 1.09.